The van der Waals surface area contributed by atoms with Crippen LogP contribution >= 0.6 is 23.4 Å². The van der Waals surface area contributed by atoms with Crippen LogP contribution in [-0.4, -0.2) is 24.6 Å². The number of alkyl carbamates (subject to hydrolysis) is 1. The van der Waals surface area contributed by atoms with Crippen molar-refractivity contribution in [3.8, 4) is 0 Å². The van der Waals surface area contributed by atoms with Gasteiger partial charge < -0.3 is 14.2 Å². The highest BCUT2D eigenvalue weighted by atomic mass is 32.2. The van der Waals surface area contributed by atoms with Crippen LogP contribution in [0.1, 0.15) is 31.7 Å². The van der Waals surface area contributed by atoms with Gasteiger partial charge in [-0.2, -0.15) is 0 Å². The fourth-order valence-electron chi connectivity index (χ4n) is 1.27. The molecule has 1 heterocycles. The van der Waals surface area contributed by atoms with Gasteiger partial charge in [-0.15, -0.1) is 11.3 Å². The minimum absolute atomic E-state index is 0.174. The molecule has 0 aliphatic heterocycles. The Labute approximate surface area is 116 Å². The molecule has 1 amide bonds. The number of carbonyl (C=O) groups is 1. The zero-order chi connectivity index (χ0) is 13.6. The van der Waals surface area contributed by atoms with Crippen molar-refractivity contribution in [3.63, 3.8) is 0 Å². The Kier molecular flexibility index (Phi) is 5.98. The van der Waals surface area contributed by atoms with Gasteiger partial charge in [0.1, 0.15) is 5.60 Å². The summed E-state index contributed by atoms with van der Waals surface area (Å²) in [5, 5.41) is 4.79. The Morgan fingerprint density at radius 3 is 2.78 bits per heavy atom. The summed E-state index contributed by atoms with van der Waals surface area (Å²) in [4.78, 5) is 12.8. The quantitative estimate of drug-likeness (QED) is 0.841. The van der Waals surface area contributed by atoms with Gasteiger partial charge in [-0.05, 0) is 44.3 Å². The van der Waals surface area contributed by atoms with Crippen molar-refractivity contribution in [2.24, 2.45) is 0 Å². The van der Waals surface area contributed by atoms with Gasteiger partial charge >= 0.3 is 6.09 Å². The molecule has 6 heteroatoms. The third-order valence-electron chi connectivity index (χ3n) is 1.93. The van der Waals surface area contributed by atoms with E-state index in [0.717, 1.165) is 4.88 Å². The lowest BCUT2D eigenvalue weighted by Crippen LogP contribution is -2.36. The van der Waals surface area contributed by atoms with Gasteiger partial charge in [0, 0.05) is 11.1 Å². The Hall–Kier alpha value is -0.720. The first-order valence-electron chi connectivity index (χ1n) is 5.61. The Balaban J connectivity index is 2.59. The van der Waals surface area contributed by atoms with E-state index in [0.29, 0.717) is 6.61 Å². The fraction of sp³-hybridized carbons (Fsp3) is 0.583. The van der Waals surface area contributed by atoms with E-state index < -0.39 is 11.7 Å². The molecule has 0 saturated heterocycles. The molecule has 1 aromatic heterocycles. The van der Waals surface area contributed by atoms with Crippen LogP contribution in [0.25, 0.3) is 0 Å². The summed E-state index contributed by atoms with van der Waals surface area (Å²) in [5.41, 5.74) is -0.496. The molecule has 0 aromatic carbocycles. The predicted octanol–water partition coefficient (Wildman–Crippen LogP) is 3.61. The highest BCUT2D eigenvalue weighted by Crippen LogP contribution is 2.21. The number of hydrogen-bond acceptors (Lipinski definition) is 5. The van der Waals surface area contributed by atoms with Gasteiger partial charge in [-0.25, -0.2) is 4.79 Å². The monoisotopic (exact) mass is 289 g/mol. The van der Waals surface area contributed by atoms with Crippen LogP contribution < -0.4 is 5.32 Å². The van der Waals surface area contributed by atoms with Crippen molar-refractivity contribution in [1.29, 1.82) is 0 Å². The first kappa shape index (κ1) is 15.3. The molecule has 1 atom stereocenters. The van der Waals surface area contributed by atoms with Crippen molar-refractivity contribution >= 4 is 29.5 Å². The van der Waals surface area contributed by atoms with Crippen LogP contribution in [0.3, 0.4) is 0 Å². The average molecular weight is 289 g/mol. The molecule has 1 N–H and O–H groups in total. The molecule has 0 spiro atoms. The van der Waals surface area contributed by atoms with E-state index in [1.165, 1.54) is 12.0 Å². The molecule has 1 rings (SSSR count). The van der Waals surface area contributed by atoms with Crippen LogP contribution in [0.5, 0.6) is 0 Å². The van der Waals surface area contributed by atoms with Crippen molar-refractivity contribution in [1.82, 2.24) is 5.32 Å². The fourth-order valence-corrected chi connectivity index (χ4v) is 2.31. The maximum atomic E-state index is 11.7. The van der Waals surface area contributed by atoms with Gasteiger partial charge in [0.2, 0.25) is 0 Å². The van der Waals surface area contributed by atoms with E-state index >= 15 is 0 Å². The lowest BCUT2D eigenvalue weighted by atomic mass is 10.2. The largest absolute Gasteiger partial charge is 0.444 e. The maximum absolute atomic E-state index is 11.7. The summed E-state index contributed by atoms with van der Waals surface area (Å²) in [5.74, 6) is 0. The molecule has 4 nitrogen and oxygen atoms in total. The first-order chi connectivity index (χ1) is 8.42. The van der Waals surface area contributed by atoms with E-state index in [2.05, 4.69) is 5.32 Å². The van der Waals surface area contributed by atoms with E-state index in [9.17, 15) is 4.79 Å². The second-order valence-corrected chi connectivity index (χ2v) is 6.21. The van der Waals surface area contributed by atoms with Crippen LogP contribution in [0.2, 0.25) is 0 Å². The van der Waals surface area contributed by atoms with E-state index in [1.807, 2.05) is 44.5 Å². The third kappa shape index (κ3) is 5.75. The number of ether oxygens (including phenoxy) is 1. The highest BCUT2D eigenvalue weighted by Gasteiger charge is 2.21. The number of thiophene rings is 1. The number of nitrogens with one attached hydrogen (secondary N) is 1. The van der Waals surface area contributed by atoms with Crippen LogP contribution in [-0.2, 0) is 8.92 Å². The molecule has 0 aliphatic carbocycles. The molecule has 0 fully saturated rings. The smallest absolute Gasteiger partial charge is 0.408 e. The summed E-state index contributed by atoms with van der Waals surface area (Å²) in [6, 6.07) is 3.74. The van der Waals surface area contributed by atoms with Crippen molar-refractivity contribution in [3.05, 3.63) is 22.4 Å². The predicted molar refractivity (Wildman–Crippen MR) is 75.9 cm³/mol. The minimum Gasteiger partial charge on any atom is -0.444 e. The number of carbonyl (C=O) groups excluding carboxylic acids is 1. The van der Waals surface area contributed by atoms with Gasteiger partial charge in [-0.1, -0.05) is 6.07 Å². The average Bonchev–Trinajstić information content (AvgIpc) is 2.74. The van der Waals surface area contributed by atoms with Crippen molar-refractivity contribution in [2.45, 2.75) is 32.4 Å². The van der Waals surface area contributed by atoms with Crippen LogP contribution in [0.15, 0.2) is 17.5 Å². The Morgan fingerprint density at radius 2 is 2.28 bits per heavy atom. The zero-order valence-corrected chi connectivity index (χ0v) is 12.7. The maximum Gasteiger partial charge on any atom is 0.408 e. The molecule has 0 saturated carbocycles. The lowest BCUT2D eigenvalue weighted by Gasteiger charge is -2.22. The number of hydrogen-bond donors (Lipinski definition) is 1. The highest BCUT2D eigenvalue weighted by molar-refractivity contribution is 7.93. The van der Waals surface area contributed by atoms with Gasteiger partial charge in [0.25, 0.3) is 0 Å². The minimum atomic E-state index is -0.496. The Bertz CT molecular complexity index is 360. The van der Waals surface area contributed by atoms with Gasteiger partial charge in [-0.3, -0.25) is 0 Å². The number of rotatable bonds is 5. The third-order valence-corrected chi connectivity index (χ3v) is 3.29. The van der Waals surface area contributed by atoms with Crippen molar-refractivity contribution < 1.29 is 13.7 Å². The SMILES string of the molecule is CSOC[C@H](NC(=O)OC(C)(C)C)c1cccs1. The number of amides is 1. The zero-order valence-electron chi connectivity index (χ0n) is 11.1. The molecular formula is C12H19NO3S2. The van der Waals surface area contributed by atoms with E-state index in [1.54, 1.807) is 11.3 Å². The Morgan fingerprint density at radius 1 is 1.56 bits per heavy atom. The standard InChI is InChI=1S/C12H19NO3S2/c1-12(2,3)16-11(14)13-9(8-15-17-4)10-6-5-7-18-10/h5-7,9H,8H2,1-4H3,(H,13,14)/t9-/m0/s1. The first-order valence-corrected chi connectivity index (χ1v) is 7.64. The van der Waals surface area contributed by atoms with Crippen LogP contribution in [0, 0.1) is 0 Å². The summed E-state index contributed by atoms with van der Waals surface area (Å²) < 4.78 is 10.5. The molecule has 0 bridgehead atoms. The topological polar surface area (TPSA) is 47.6 Å². The van der Waals surface area contributed by atoms with Crippen molar-refractivity contribution in [2.75, 3.05) is 12.9 Å². The normalized spacial score (nSPS) is 13.1. The summed E-state index contributed by atoms with van der Waals surface area (Å²) >= 11 is 2.86. The van der Waals surface area contributed by atoms with Crippen LogP contribution in [0.4, 0.5) is 4.79 Å². The lowest BCUT2D eigenvalue weighted by molar-refractivity contribution is 0.0491. The molecule has 0 aliphatic rings. The van der Waals surface area contributed by atoms with Gasteiger partial charge in [0.15, 0.2) is 0 Å². The molecule has 0 unspecified atom stereocenters. The molecule has 0 radical (unpaired) electrons. The van der Waals surface area contributed by atoms with E-state index in [-0.39, 0.29) is 6.04 Å². The second kappa shape index (κ2) is 7.01. The molecule has 1 aromatic rings. The summed E-state index contributed by atoms with van der Waals surface area (Å²) in [6.07, 6.45) is 1.42. The second-order valence-electron chi connectivity index (χ2n) is 4.67. The summed E-state index contributed by atoms with van der Waals surface area (Å²) in [6.45, 7) is 5.93. The summed E-state index contributed by atoms with van der Waals surface area (Å²) in [7, 11) is 0. The molecule has 18 heavy (non-hydrogen) atoms. The van der Waals surface area contributed by atoms with Gasteiger partial charge in [0.05, 0.1) is 12.6 Å². The molecular weight excluding hydrogens is 270 g/mol. The van der Waals surface area contributed by atoms with E-state index in [4.69, 9.17) is 8.92 Å². The molecule has 102 valence electrons.